The van der Waals surface area contributed by atoms with Crippen molar-refractivity contribution >= 4 is 23.9 Å². The Morgan fingerprint density at radius 2 is 1.56 bits per heavy atom. The van der Waals surface area contributed by atoms with E-state index in [9.17, 15) is 14.4 Å². The molecule has 2 aromatic rings. The van der Waals surface area contributed by atoms with Crippen LogP contribution in [0, 0.1) is 0 Å². The van der Waals surface area contributed by atoms with Crippen LogP contribution in [-0.4, -0.2) is 35.3 Å². The van der Waals surface area contributed by atoms with Gasteiger partial charge in [-0.2, -0.15) is 0 Å². The lowest BCUT2D eigenvalue weighted by atomic mass is 10.1. The van der Waals surface area contributed by atoms with Crippen molar-refractivity contribution in [3.8, 4) is 0 Å². The molecule has 2 amide bonds. The summed E-state index contributed by atoms with van der Waals surface area (Å²) in [5.41, 5.74) is 1.62. The molecule has 0 aromatic heterocycles. The number of carbonyl (C=O) groups excluding carboxylic acids is 3. The molecule has 0 radical (unpaired) electrons. The lowest BCUT2D eigenvalue weighted by Gasteiger charge is -2.20. The molecule has 25 heavy (non-hydrogen) atoms. The number of imide groups is 1. The van der Waals surface area contributed by atoms with Crippen molar-refractivity contribution in [3.63, 3.8) is 0 Å². The van der Waals surface area contributed by atoms with Crippen LogP contribution in [0.4, 0.5) is 0 Å². The predicted molar refractivity (Wildman–Crippen MR) is 92.8 cm³/mol. The summed E-state index contributed by atoms with van der Waals surface area (Å²) in [6.07, 6.45) is 3.54. The highest BCUT2D eigenvalue weighted by molar-refractivity contribution is 6.22. The number of hydrogen-bond acceptors (Lipinski definition) is 4. The molecule has 1 atom stereocenters. The summed E-state index contributed by atoms with van der Waals surface area (Å²) in [7, 11) is 0. The van der Waals surface area contributed by atoms with Crippen LogP contribution in [-0.2, 0) is 9.53 Å². The van der Waals surface area contributed by atoms with Gasteiger partial charge in [-0.3, -0.25) is 14.5 Å². The van der Waals surface area contributed by atoms with Gasteiger partial charge >= 0.3 is 5.97 Å². The zero-order valence-corrected chi connectivity index (χ0v) is 13.7. The van der Waals surface area contributed by atoms with Gasteiger partial charge in [-0.05, 0) is 30.7 Å². The Hall–Kier alpha value is -3.21. The van der Waals surface area contributed by atoms with Gasteiger partial charge in [0.1, 0.15) is 12.6 Å². The molecule has 0 saturated carbocycles. The van der Waals surface area contributed by atoms with Gasteiger partial charge in [0.25, 0.3) is 11.8 Å². The number of benzene rings is 2. The highest BCUT2D eigenvalue weighted by Crippen LogP contribution is 2.24. The molecule has 1 heterocycles. The Balaban J connectivity index is 1.61. The maximum absolute atomic E-state index is 12.4. The van der Waals surface area contributed by atoms with E-state index in [1.54, 1.807) is 30.3 Å². The fraction of sp³-hybridized carbons (Fsp3) is 0.150. The van der Waals surface area contributed by atoms with Crippen molar-refractivity contribution in [2.45, 2.75) is 13.0 Å². The molecular formula is C20H17NO4. The molecule has 0 fully saturated rings. The van der Waals surface area contributed by atoms with E-state index in [2.05, 4.69) is 0 Å². The van der Waals surface area contributed by atoms with Crippen LogP contribution >= 0.6 is 0 Å². The maximum atomic E-state index is 12.4. The SMILES string of the molecule is C[C@H](C(=O)OC/C=C/c1ccccc1)N1C(=O)c2ccccc2C1=O. The fourth-order valence-corrected chi connectivity index (χ4v) is 2.66. The Morgan fingerprint density at radius 1 is 1.00 bits per heavy atom. The van der Waals surface area contributed by atoms with Gasteiger partial charge in [0.15, 0.2) is 0 Å². The van der Waals surface area contributed by atoms with E-state index in [1.807, 2.05) is 36.4 Å². The number of hydrogen-bond donors (Lipinski definition) is 0. The molecule has 5 heteroatoms. The smallest absolute Gasteiger partial charge is 0.329 e. The summed E-state index contributed by atoms with van der Waals surface area (Å²) >= 11 is 0. The van der Waals surface area contributed by atoms with Crippen molar-refractivity contribution in [1.29, 1.82) is 0 Å². The van der Waals surface area contributed by atoms with Crippen LogP contribution in [0.2, 0.25) is 0 Å². The van der Waals surface area contributed by atoms with E-state index in [0.29, 0.717) is 11.1 Å². The molecule has 1 aliphatic rings. The molecule has 0 unspecified atom stereocenters. The summed E-state index contributed by atoms with van der Waals surface area (Å²) in [5, 5.41) is 0. The number of nitrogens with zero attached hydrogens (tertiary/aromatic N) is 1. The number of fused-ring (bicyclic) bond motifs is 1. The van der Waals surface area contributed by atoms with Crippen molar-refractivity contribution in [2.24, 2.45) is 0 Å². The maximum Gasteiger partial charge on any atom is 0.329 e. The summed E-state index contributed by atoms with van der Waals surface area (Å²) in [6.45, 7) is 1.56. The third-order valence-electron chi connectivity index (χ3n) is 3.99. The first-order chi connectivity index (χ1) is 12.1. The average molecular weight is 335 g/mol. The van der Waals surface area contributed by atoms with Gasteiger partial charge in [-0.25, -0.2) is 4.79 Å². The summed E-state index contributed by atoms with van der Waals surface area (Å²) in [6, 6.07) is 15.2. The minimum Gasteiger partial charge on any atom is -0.460 e. The molecule has 0 saturated heterocycles. The first-order valence-electron chi connectivity index (χ1n) is 7.94. The van der Waals surface area contributed by atoms with Crippen molar-refractivity contribution in [3.05, 3.63) is 77.4 Å². The zero-order chi connectivity index (χ0) is 17.8. The van der Waals surface area contributed by atoms with Crippen LogP contribution in [0.15, 0.2) is 60.7 Å². The standard InChI is InChI=1S/C20H17NO4/c1-14(20(24)25-13-7-10-15-8-3-2-4-9-15)21-18(22)16-11-5-6-12-17(16)19(21)23/h2-12,14H,13H2,1H3/b10-7+/t14-/m1/s1. The zero-order valence-electron chi connectivity index (χ0n) is 13.7. The van der Waals surface area contributed by atoms with Crippen LogP contribution < -0.4 is 0 Å². The molecular weight excluding hydrogens is 318 g/mol. The predicted octanol–water partition coefficient (Wildman–Crippen LogP) is 2.93. The van der Waals surface area contributed by atoms with E-state index in [0.717, 1.165) is 10.5 Å². The van der Waals surface area contributed by atoms with E-state index in [-0.39, 0.29) is 6.61 Å². The third-order valence-corrected chi connectivity index (χ3v) is 3.99. The summed E-state index contributed by atoms with van der Waals surface area (Å²) < 4.78 is 5.16. The van der Waals surface area contributed by atoms with Gasteiger partial charge in [-0.1, -0.05) is 48.5 Å². The monoisotopic (exact) mass is 335 g/mol. The molecule has 2 aromatic carbocycles. The Labute approximate surface area is 145 Å². The normalized spacial score (nSPS) is 14.7. The van der Waals surface area contributed by atoms with Crippen molar-refractivity contribution in [2.75, 3.05) is 6.61 Å². The first kappa shape index (κ1) is 16.6. The second kappa shape index (κ2) is 7.13. The van der Waals surface area contributed by atoms with E-state index >= 15 is 0 Å². The second-order valence-electron chi connectivity index (χ2n) is 5.64. The second-order valence-corrected chi connectivity index (χ2v) is 5.64. The number of rotatable bonds is 5. The highest BCUT2D eigenvalue weighted by Gasteiger charge is 2.41. The van der Waals surface area contributed by atoms with Gasteiger partial charge in [0.2, 0.25) is 0 Å². The van der Waals surface area contributed by atoms with E-state index in [1.165, 1.54) is 6.92 Å². The largest absolute Gasteiger partial charge is 0.460 e. The molecule has 3 rings (SSSR count). The van der Waals surface area contributed by atoms with Crippen LogP contribution in [0.25, 0.3) is 6.08 Å². The molecule has 0 N–H and O–H groups in total. The molecule has 1 aliphatic heterocycles. The van der Waals surface area contributed by atoms with Gasteiger partial charge in [-0.15, -0.1) is 0 Å². The number of amides is 2. The topological polar surface area (TPSA) is 63.7 Å². The fourth-order valence-electron chi connectivity index (χ4n) is 2.66. The summed E-state index contributed by atoms with van der Waals surface area (Å²) in [5.74, 6) is -1.55. The average Bonchev–Trinajstić information content (AvgIpc) is 2.90. The first-order valence-corrected chi connectivity index (χ1v) is 7.94. The third kappa shape index (κ3) is 3.35. The van der Waals surface area contributed by atoms with Crippen LogP contribution in [0.5, 0.6) is 0 Å². The van der Waals surface area contributed by atoms with Gasteiger partial charge in [0, 0.05) is 0 Å². The molecule has 126 valence electrons. The van der Waals surface area contributed by atoms with E-state index < -0.39 is 23.8 Å². The minimum absolute atomic E-state index is 0.0707. The molecule has 0 spiro atoms. The summed E-state index contributed by atoms with van der Waals surface area (Å²) in [4.78, 5) is 37.8. The van der Waals surface area contributed by atoms with Gasteiger partial charge in [0.05, 0.1) is 11.1 Å². The Bertz CT molecular complexity index is 807. The molecule has 0 aliphatic carbocycles. The van der Waals surface area contributed by atoms with E-state index in [4.69, 9.17) is 4.74 Å². The van der Waals surface area contributed by atoms with Crippen LogP contribution in [0.3, 0.4) is 0 Å². The minimum atomic E-state index is -0.975. The lowest BCUT2D eigenvalue weighted by Crippen LogP contribution is -2.43. The highest BCUT2D eigenvalue weighted by atomic mass is 16.5. The van der Waals surface area contributed by atoms with Crippen LogP contribution in [0.1, 0.15) is 33.2 Å². The number of ether oxygens (including phenoxy) is 1. The molecule has 0 bridgehead atoms. The quantitative estimate of drug-likeness (QED) is 0.622. The van der Waals surface area contributed by atoms with Gasteiger partial charge < -0.3 is 4.74 Å². The lowest BCUT2D eigenvalue weighted by molar-refractivity contribution is -0.146. The number of esters is 1. The number of carbonyl (C=O) groups is 3. The Morgan fingerprint density at radius 3 is 2.16 bits per heavy atom. The van der Waals surface area contributed by atoms with Crippen molar-refractivity contribution < 1.29 is 19.1 Å². The Kier molecular flexibility index (Phi) is 4.75. The van der Waals surface area contributed by atoms with Crippen molar-refractivity contribution in [1.82, 2.24) is 4.90 Å². The molecule has 5 nitrogen and oxygen atoms in total.